The standard InChI is InChI=1S/C11H10ClN3O2/c1-7-3-2-4-9(8(7)6-13)14-11(17)15-10(16)5-12/h2-4H,5H2,1H3,(H2,14,15,16,17). The molecule has 0 radical (unpaired) electrons. The Morgan fingerprint density at radius 1 is 1.47 bits per heavy atom. The summed E-state index contributed by atoms with van der Waals surface area (Å²) in [6.45, 7) is 1.76. The molecule has 0 aliphatic heterocycles. The number of alkyl halides is 1. The number of aryl methyl sites for hydroxylation is 1. The van der Waals surface area contributed by atoms with Crippen LogP contribution in [0.25, 0.3) is 0 Å². The first-order chi connectivity index (χ1) is 8.08. The zero-order valence-electron chi connectivity index (χ0n) is 9.08. The Labute approximate surface area is 103 Å². The SMILES string of the molecule is Cc1cccc(NC(=O)NC(=O)CCl)c1C#N. The van der Waals surface area contributed by atoms with Crippen molar-refractivity contribution in [3.8, 4) is 6.07 Å². The molecule has 0 spiro atoms. The lowest BCUT2D eigenvalue weighted by Crippen LogP contribution is -2.35. The van der Waals surface area contributed by atoms with Gasteiger partial charge in [-0.25, -0.2) is 4.79 Å². The molecule has 0 saturated carbocycles. The summed E-state index contributed by atoms with van der Waals surface area (Å²) in [7, 11) is 0. The van der Waals surface area contributed by atoms with Crippen molar-refractivity contribution in [1.82, 2.24) is 5.32 Å². The number of urea groups is 1. The van der Waals surface area contributed by atoms with E-state index in [1.165, 1.54) is 0 Å². The van der Waals surface area contributed by atoms with Gasteiger partial charge in [0.2, 0.25) is 5.91 Å². The van der Waals surface area contributed by atoms with E-state index in [1.54, 1.807) is 25.1 Å². The minimum Gasteiger partial charge on any atom is -0.306 e. The Morgan fingerprint density at radius 3 is 2.76 bits per heavy atom. The van der Waals surface area contributed by atoms with E-state index < -0.39 is 11.9 Å². The molecule has 0 aliphatic carbocycles. The fraction of sp³-hybridized carbons (Fsp3) is 0.182. The average Bonchev–Trinajstić information content (AvgIpc) is 2.29. The molecule has 0 bridgehead atoms. The Bertz CT molecular complexity index is 494. The average molecular weight is 252 g/mol. The Kier molecular flexibility index (Phi) is 4.49. The quantitative estimate of drug-likeness (QED) is 0.786. The predicted molar refractivity (Wildman–Crippen MR) is 63.8 cm³/mol. The highest BCUT2D eigenvalue weighted by Gasteiger charge is 2.10. The lowest BCUT2D eigenvalue weighted by Gasteiger charge is -2.08. The molecule has 88 valence electrons. The van der Waals surface area contributed by atoms with Gasteiger partial charge < -0.3 is 5.32 Å². The van der Waals surface area contributed by atoms with Crippen molar-refractivity contribution in [2.75, 3.05) is 11.2 Å². The highest BCUT2D eigenvalue weighted by Crippen LogP contribution is 2.17. The molecule has 3 amide bonds. The second-order valence-electron chi connectivity index (χ2n) is 3.25. The number of benzene rings is 1. The van der Waals surface area contributed by atoms with Crippen molar-refractivity contribution in [2.24, 2.45) is 0 Å². The van der Waals surface area contributed by atoms with E-state index in [9.17, 15) is 9.59 Å². The number of amides is 3. The number of anilines is 1. The van der Waals surface area contributed by atoms with Gasteiger partial charge in [-0.15, -0.1) is 11.6 Å². The van der Waals surface area contributed by atoms with Crippen LogP contribution in [-0.2, 0) is 4.79 Å². The van der Waals surface area contributed by atoms with Crippen molar-refractivity contribution in [3.63, 3.8) is 0 Å². The van der Waals surface area contributed by atoms with Crippen LogP contribution in [-0.4, -0.2) is 17.8 Å². The van der Waals surface area contributed by atoms with Gasteiger partial charge in [-0.3, -0.25) is 10.1 Å². The molecule has 1 rings (SSSR count). The third-order valence-electron chi connectivity index (χ3n) is 2.01. The number of rotatable bonds is 2. The topological polar surface area (TPSA) is 82.0 Å². The van der Waals surface area contributed by atoms with E-state index in [2.05, 4.69) is 5.32 Å². The number of nitrogens with zero attached hydrogens (tertiary/aromatic N) is 1. The van der Waals surface area contributed by atoms with E-state index in [0.29, 0.717) is 11.3 Å². The first-order valence-corrected chi connectivity index (χ1v) is 5.28. The fourth-order valence-electron chi connectivity index (χ4n) is 1.23. The zero-order chi connectivity index (χ0) is 12.8. The molecule has 0 fully saturated rings. The summed E-state index contributed by atoms with van der Waals surface area (Å²) in [6.07, 6.45) is 0. The van der Waals surface area contributed by atoms with Crippen LogP contribution < -0.4 is 10.6 Å². The molecule has 0 aliphatic rings. The summed E-state index contributed by atoms with van der Waals surface area (Å²) < 4.78 is 0. The van der Waals surface area contributed by atoms with Crippen molar-refractivity contribution >= 4 is 29.2 Å². The Morgan fingerprint density at radius 2 is 2.18 bits per heavy atom. The van der Waals surface area contributed by atoms with E-state index in [4.69, 9.17) is 16.9 Å². The third-order valence-corrected chi connectivity index (χ3v) is 2.25. The molecule has 1 aromatic rings. The van der Waals surface area contributed by atoms with Gasteiger partial charge in [-0.1, -0.05) is 12.1 Å². The molecule has 17 heavy (non-hydrogen) atoms. The van der Waals surface area contributed by atoms with Crippen LogP contribution in [0.5, 0.6) is 0 Å². The van der Waals surface area contributed by atoms with Gasteiger partial charge in [0.1, 0.15) is 11.9 Å². The van der Waals surface area contributed by atoms with Crippen LogP contribution in [0.4, 0.5) is 10.5 Å². The minimum absolute atomic E-state index is 0.299. The van der Waals surface area contributed by atoms with Crippen LogP contribution in [0.15, 0.2) is 18.2 Å². The maximum absolute atomic E-state index is 11.4. The number of nitrogens with one attached hydrogen (secondary N) is 2. The number of hydrogen-bond donors (Lipinski definition) is 2. The van der Waals surface area contributed by atoms with E-state index in [-0.39, 0.29) is 5.88 Å². The smallest absolute Gasteiger partial charge is 0.306 e. The summed E-state index contributed by atoms with van der Waals surface area (Å²) in [5, 5.41) is 13.4. The Hall–Kier alpha value is -2.06. The van der Waals surface area contributed by atoms with Gasteiger partial charge in [0.15, 0.2) is 0 Å². The summed E-state index contributed by atoms with van der Waals surface area (Å²) in [4.78, 5) is 22.2. The lowest BCUT2D eigenvalue weighted by atomic mass is 10.1. The third kappa shape index (κ3) is 3.47. The van der Waals surface area contributed by atoms with E-state index in [1.807, 2.05) is 11.4 Å². The molecule has 5 nitrogen and oxygen atoms in total. The number of halogens is 1. The predicted octanol–water partition coefficient (Wildman–Crippen LogP) is 1.75. The van der Waals surface area contributed by atoms with E-state index in [0.717, 1.165) is 5.56 Å². The number of carbonyl (C=O) groups excluding carboxylic acids is 2. The minimum atomic E-state index is -0.710. The van der Waals surface area contributed by atoms with Crippen LogP contribution in [0.1, 0.15) is 11.1 Å². The molecular weight excluding hydrogens is 242 g/mol. The van der Waals surface area contributed by atoms with Crippen molar-refractivity contribution in [1.29, 1.82) is 5.26 Å². The lowest BCUT2D eigenvalue weighted by molar-refractivity contribution is -0.117. The van der Waals surface area contributed by atoms with Crippen LogP contribution >= 0.6 is 11.6 Å². The van der Waals surface area contributed by atoms with Crippen LogP contribution in [0, 0.1) is 18.3 Å². The highest BCUT2D eigenvalue weighted by molar-refractivity contribution is 6.28. The molecule has 0 heterocycles. The van der Waals surface area contributed by atoms with Crippen LogP contribution in [0.3, 0.4) is 0 Å². The molecule has 1 aromatic carbocycles. The van der Waals surface area contributed by atoms with Crippen molar-refractivity contribution in [2.45, 2.75) is 6.92 Å². The van der Waals surface area contributed by atoms with Gasteiger partial charge >= 0.3 is 6.03 Å². The molecule has 0 atom stereocenters. The molecule has 2 N–H and O–H groups in total. The number of carbonyl (C=O) groups is 2. The van der Waals surface area contributed by atoms with E-state index >= 15 is 0 Å². The maximum atomic E-state index is 11.4. The maximum Gasteiger partial charge on any atom is 0.325 e. The first kappa shape index (κ1) is 13.0. The summed E-state index contributed by atoms with van der Waals surface area (Å²) in [5.74, 6) is -0.901. The molecular formula is C11H10ClN3O2. The molecule has 6 heteroatoms. The van der Waals surface area contributed by atoms with Gasteiger partial charge in [-0.05, 0) is 18.6 Å². The van der Waals surface area contributed by atoms with Gasteiger partial charge in [0.25, 0.3) is 0 Å². The van der Waals surface area contributed by atoms with Crippen molar-refractivity contribution < 1.29 is 9.59 Å². The van der Waals surface area contributed by atoms with Gasteiger partial charge in [0.05, 0.1) is 11.3 Å². The highest BCUT2D eigenvalue weighted by atomic mass is 35.5. The van der Waals surface area contributed by atoms with Crippen LogP contribution in [0.2, 0.25) is 0 Å². The van der Waals surface area contributed by atoms with Gasteiger partial charge in [0, 0.05) is 0 Å². The molecule has 0 aromatic heterocycles. The molecule has 0 saturated heterocycles. The van der Waals surface area contributed by atoms with Crippen molar-refractivity contribution in [3.05, 3.63) is 29.3 Å². The molecule has 0 unspecified atom stereocenters. The first-order valence-electron chi connectivity index (χ1n) is 4.75. The monoisotopic (exact) mass is 251 g/mol. The normalized spacial score (nSPS) is 9.24. The summed E-state index contributed by atoms with van der Waals surface area (Å²) in [5.41, 5.74) is 1.46. The Balaban J connectivity index is 2.83. The fourth-order valence-corrected chi connectivity index (χ4v) is 1.30. The second kappa shape index (κ2) is 5.87. The number of imide groups is 1. The number of nitriles is 1. The number of hydrogen-bond acceptors (Lipinski definition) is 3. The zero-order valence-corrected chi connectivity index (χ0v) is 9.84. The largest absolute Gasteiger partial charge is 0.325 e. The second-order valence-corrected chi connectivity index (χ2v) is 3.51. The summed E-state index contributed by atoms with van der Waals surface area (Å²) >= 11 is 5.24. The summed E-state index contributed by atoms with van der Waals surface area (Å²) in [6, 6.07) is 6.31. The van der Waals surface area contributed by atoms with Gasteiger partial charge in [-0.2, -0.15) is 5.26 Å².